The van der Waals surface area contributed by atoms with Crippen LogP contribution in [0.3, 0.4) is 0 Å². The molecule has 4 aromatic rings. The molecule has 0 radical (unpaired) electrons. The number of hydrogen-bond acceptors (Lipinski definition) is 5. The number of rotatable bonds is 6. The minimum Gasteiger partial charge on any atom is -0.479 e. The van der Waals surface area contributed by atoms with Crippen LogP contribution in [0.4, 0.5) is 0 Å². The van der Waals surface area contributed by atoms with E-state index in [0.29, 0.717) is 11.4 Å². The number of carbonyl (C=O) groups is 2. The summed E-state index contributed by atoms with van der Waals surface area (Å²) in [5.41, 5.74) is 1.22. The van der Waals surface area contributed by atoms with Gasteiger partial charge in [0.05, 0.1) is 10.6 Å². The van der Waals surface area contributed by atoms with E-state index in [2.05, 4.69) is 15.4 Å². The van der Waals surface area contributed by atoms with E-state index in [1.807, 2.05) is 47.8 Å². The Morgan fingerprint density at radius 3 is 2.28 bits per heavy atom. The highest BCUT2D eigenvalue weighted by atomic mass is 32.1. The number of aliphatic carboxylic acids is 1. The second-order valence-corrected chi connectivity index (χ2v) is 7.09. The van der Waals surface area contributed by atoms with Gasteiger partial charge in [0.1, 0.15) is 0 Å². The van der Waals surface area contributed by atoms with Gasteiger partial charge in [-0.2, -0.15) is 0 Å². The first-order valence-electron chi connectivity index (χ1n) is 8.78. The molecule has 1 atom stereocenters. The van der Waals surface area contributed by atoms with E-state index in [0.717, 1.165) is 10.6 Å². The van der Waals surface area contributed by atoms with Gasteiger partial charge in [0.15, 0.2) is 11.9 Å². The van der Waals surface area contributed by atoms with E-state index < -0.39 is 17.9 Å². The van der Waals surface area contributed by atoms with Gasteiger partial charge in [0.25, 0.3) is 5.91 Å². The fourth-order valence-electron chi connectivity index (χ4n) is 2.85. The smallest absolute Gasteiger partial charge is 0.330 e. The van der Waals surface area contributed by atoms with Crippen LogP contribution in [0.1, 0.15) is 22.2 Å². The number of carboxylic acid groups (broad SMARTS) is 1. The van der Waals surface area contributed by atoms with E-state index >= 15 is 0 Å². The Hall–Kier alpha value is -3.78. The zero-order valence-electron chi connectivity index (χ0n) is 15.1. The van der Waals surface area contributed by atoms with Gasteiger partial charge in [-0.05, 0) is 29.1 Å². The highest BCUT2D eigenvalue weighted by Gasteiger charge is 2.26. The first kappa shape index (κ1) is 18.6. The summed E-state index contributed by atoms with van der Waals surface area (Å²) in [6.07, 6.45) is 0. The Balaban J connectivity index is 1.70. The first-order valence-corrected chi connectivity index (χ1v) is 9.66. The van der Waals surface area contributed by atoms with Crippen molar-refractivity contribution in [3.05, 3.63) is 89.6 Å². The van der Waals surface area contributed by atoms with Gasteiger partial charge in [0.2, 0.25) is 5.82 Å². The van der Waals surface area contributed by atoms with E-state index in [9.17, 15) is 14.7 Å². The summed E-state index contributed by atoms with van der Waals surface area (Å²) in [6.45, 7) is 0. The molecule has 0 spiro atoms. The van der Waals surface area contributed by atoms with Gasteiger partial charge in [-0.3, -0.25) is 4.79 Å². The molecule has 29 heavy (non-hydrogen) atoms. The number of benzene rings is 2. The molecular weight excluding hydrogens is 388 g/mol. The number of nitrogens with one attached hydrogen (secondary N) is 1. The Labute approximate surface area is 170 Å². The van der Waals surface area contributed by atoms with Gasteiger partial charge in [0, 0.05) is 0 Å². The van der Waals surface area contributed by atoms with E-state index in [-0.39, 0.29) is 5.82 Å². The molecule has 4 rings (SSSR count). The van der Waals surface area contributed by atoms with E-state index in [4.69, 9.17) is 0 Å². The Kier molecular flexibility index (Phi) is 5.17. The van der Waals surface area contributed by atoms with Crippen molar-refractivity contribution in [1.29, 1.82) is 0 Å². The van der Waals surface area contributed by atoms with Gasteiger partial charge in [-0.1, -0.05) is 54.6 Å². The molecule has 2 heterocycles. The number of carbonyl (C=O) groups excluding carboxylic acids is 1. The molecule has 0 aliphatic carbocycles. The molecule has 2 N–H and O–H groups in total. The number of para-hydroxylation sites is 1. The zero-order chi connectivity index (χ0) is 20.2. The number of aromatic nitrogens is 3. The highest BCUT2D eigenvalue weighted by molar-refractivity contribution is 7.13. The van der Waals surface area contributed by atoms with E-state index in [1.165, 1.54) is 11.3 Å². The fraction of sp³-hybridized carbons (Fsp3) is 0.0476. The summed E-state index contributed by atoms with van der Waals surface area (Å²) in [5.74, 6) is -1.40. The molecule has 8 heteroatoms. The topological polar surface area (TPSA) is 97.1 Å². The van der Waals surface area contributed by atoms with Crippen molar-refractivity contribution >= 4 is 23.2 Å². The molecule has 0 bridgehead atoms. The summed E-state index contributed by atoms with van der Waals surface area (Å²) in [6, 6.07) is 20.4. The Bertz CT molecular complexity index is 1130. The predicted molar refractivity (Wildman–Crippen MR) is 109 cm³/mol. The number of nitrogens with zero attached hydrogens (tertiary/aromatic N) is 3. The standard InChI is InChI=1S/C21H16N4O3S/c26-20(22-17(21(27)28)14-8-3-1-4-9-14)18-23-19(16-12-7-13-29-16)25(24-18)15-10-5-2-6-11-15/h1-13,17H,(H,22,26)(H,27,28). The molecule has 144 valence electrons. The number of thiophene rings is 1. The normalized spacial score (nSPS) is 11.7. The lowest BCUT2D eigenvalue weighted by Crippen LogP contribution is -2.34. The summed E-state index contributed by atoms with van der Waals surface area (Å²) in [7, 11) is 0. The van der Waals surface area contributed by atoms with Crippen LogP contribution in [-0.2, 0) is 4.79 Å². The lowest BCUT2D eigenvalue weighted by Gasteiger charge is -2.13. The molecule has 2 aromatic carbocycles. The van der Waals surface area contributed by atoms with Gasteiger partial charge < -0.3 is 10.4 Å². The van der Waals surface area contributed by atoms with Crippen molar-refractivity contribution in [2.24, 2.45) is 0 Å². The maximum absolute atomic E-state index is 12.8. The summed E-state index contributed by atoms with van der Waals surface area (Å²) in [4.78, 5) is 29.7. The van der Waals surface area contributed by atoms with Crippen LogP contribution in [0, 0.1) is 0 Å². The second kappa shape index (κ2) is 8.07. The quantitative estimate of drug-likeness (QED) is 0.512. The molecule has 0 fully saturated rings. The SMILES string of the molecule is O=C(NC(C(=O)O)c1ccccc1)c1nc(-c2cccs2)n(-c2ccccc2)n1. The van der Waals surface area contributed by atoms with Crippen molar-refractivity contribution in [1.82, 2.24) is 20.1 Å². The zero-order valence-corrected chi connectivity index (χ0v) is 15.9. The largest absolute Gasteiger partial charge is 0.479 e. The maximum atomic E-state index is 12.8. The first-order chi connectivity index (χ1) is 14.1. The molecular formula is C21H16N4O3S. The average molecular weight is 404 g/mol. The van der Waals surface area contributed by atoms with Crippen LogP contribution in [-0.4, -0.2) is 31.7 Å². The van der Waals surface area contributed by atoms with Crippen LogP contribution in [0.5, 0.6) is 0 Å². The fourth-order valence-corrected chi connectivity index (χ4v) is 3.55. The Morgan fingerprint density at radius 1 is 0.966 bits per heavy atom. The summed E-state index contributed by atoms with van der Waals surface area (Å²) < 4.78 is 1.58. The predicted octanol–water partition coefficient (Wildman–Crippen LogP) is 3.55. The van der Waals surface area contributed by atoms with Crippen molar-refractivity contribution in [3.8, 4) is 16.4 Å². The third-order valence-corrected chi connectivity index (χ3v) is 5.07. The molecule has 0 aliphatic heterocycles. The highest BCUT2D eigenvalue weighted by Crippen LogP contribution is 2.25. The van der Waals surface area contributed by atoms with Crippen molar-refractivity contribution in [2.75, 3.05) is 0 Å². The number of amides is 1. The van der Waals surface area contributed by atoms with Crippen molar-refractivity contribution in [2.45, 2.75) is 6.04 Å². The lowest BCUT2D eigenvalue weighted by atomic mass is 10.1. The van der Waals surface area contributed by atoms with Crippen LogP contribution in [0.2, 0.25) is 0 Å². The minimum atomic E-state index is -1.20. The van der Waals surface area contributed by atoms with Crippen LogP contribution < -0.4 is 5.32 Å². The lowest BCUT2D eigenvalue weighted by molar-refractivity contribution is -0.139. The second-order valence-electron chi connectivity index (χ2n) is 6.14. The minimum absolute atomic E-state index is 0.0977. The average Bonchev–Trinajstić information content (AvgIpc) is 3.42. The third kappa shape index (κ3) is 3.92. The molecule has 7 nitrogen and oxygen atoms in total. The number of hydrogen-bond donors (Lipinski definition) is 2. The van der Waals surface area contributed by atoms with Gasteiger partial charge in [-0.15, -0.1) is 16.4 Å². The van der Waals surface area contributed by atoms with Gasteiger partial charge >= 0.3 is 5.97 Å². The monoisotopic (exact) mass is 404 g/mol. The molecule has 1 unspecified atom stereocenters. The maximum Gasteiger partial charge on any atom is 0.330 e. The molecule has 0 saturated carbocycles. The number of carboxylic acids is 1. The van der Waals surface area contributed by atoms with Crippen molar-refractivity contribution < 1.29 is 14.7 Å². The molecule has 1 amide bonds. The molecule has 0 aliphatic rings. The summed E-state index contributed by atoms with van der Waals surface area (Å²) in [5, 5.41) is 18.3. The van der Waals surface area contributed by atoms with Crippen LogP contribution in [0.15, 0.2) is 78.2 Å². The summed E-state index contributed by atoms with van der Waals surface area (Å²) >= 11 is 1.48. The third-order valence-electron chi connectivity index (χ3n) is 4.21. The van der Waals surface area contributed by atoms with Crippen LogP contribution >= 0.6 is 11.3 Å². The Morgan fingerprint density at radius 2 is 1.66 bits per heavy atom. The molecule has 0 saturated heterocycles. The van der Waals surface area contributed by atoms with Gasteiger partial charge in [-0.25, -0.2) is 14.5 Å². The van der Waals surface area contributed by atoms with E-state index in [1.54, 1.807) is 35.0 Å². The molecule has 2 aromatic heterocycles. The van der Waals surface area contributed by atoms with Crippen LogP contribution in [0.25, 0.3) is 16.4 Å². The van der Waals surface area contributed by atoms with Crippen molar-refractivity contribution in [3.63, 3.8) is 0 Å².